The molecule has 0 saturated carbocycles. The Kier molecular flexibility index (Phi) is 5.07. The van der Waals surface area contributed by atoms with Crippen LogP contribution in [0.15, 0.2) is 78.2 Å². The maximum Gasteiger partial charge on any atom is 0.239 e. The largest absolute Gasteiger partial charge is 0.354 e. The van der Waals surface area contributed by atoms with Crippen molar-refractivity contribution in [2.75, 3.05) is 6.54 Å². The van der Waals surface area contributed by atoms with Crippen LogP contribution in [0.3, 0.4) is 0 Å². The van der Waals surface area contributed by atoms with Gasteiger partial charge in [0.15, 0.2) is 0 Å². The number of aromatic nitrogens is 1. The molecule has 2 heterocycles. The number of carbonyl (C=O) groups is 1. The Morgan fingerprint density at radius 2 is 1.81 bits per heavy atom. The first-order chi connectivity index (χ1) is 13.2. The molecule has 3 nitrogen and oxygen atoms in total. The molecule has 2 aromatic heterocycles. The van der Waals surface area contributed by atoms with E-state index < -0.39 is 0 Å². The highest BCUT2D eigenvalue weighted by Crippen LogP contribution is 2.31. The van der Waals surface area contributed by atoms with Crippen LogP contribution in [0.4, 0.5) is 0 Å². The number of rotatable bonds is 6. The molecule has 4 aromatic rings. The Hall–Kier alpha value is -2.85. The molecule has 0 unspecified atom stereocenters. The van der Waals surface area contributed by atoms with Crippen molar-refractivity contribution >= 4 is 28.1 Å². The fourth-order valence-electron chi connectivity index (χ4n) is 3.38. The third kappa shape index (κ3) is 3.81. The van der Waals surface area contributed by atoms with Crippen LogP contribution < -0.4 is 5.32 Å². The second-order valence-corrected chi connectivity index (χ2v) is 7.72. The van der Waals surface area contributed by atoms with E-state index in [-0.39, 0.29) is 11.8 Å². The lowest BCUT2D eigenvalue weighted by Crippen LogP contribution is -2.30. The topological polar surface area (TPSA) is 34.0 Å². The van der Waals surface area contributed by atoms with Crippen LogP contribution in [-0.4, -0.2) is 17.0 Å². The zero-order valence-corrected chi connectivity index (χ0v) is 16.1. The monoisotopic (exact) mass is 374 g/mol. The lowest BCUT2D eigenvalue weighted by molar-refractivity contribution is -0.121. The molecule has 1 atom stereocenters. The summed E-state index contributed by atoms with van der Waals surface area (Å²) in [6.45, 7) is 3.09. The van der Waals surface area contributed by atoms with Gasteiger partial charge in [0.1, 0.15) is 6.54 Å². The normalized spacial score (nSPS) is 12.2. The van der Waals surface area contributed by atoms with Crippen molar-refractivity contribution in [2.24, 2.45) is 0 Å². The Morgan fingerprint density at radius 3 is 2.59 bits per heavy atom. The molecule has 0 aliphatic rings. The lowest BCUT2D eigenvalue weighted by atomic mass is 10.0. The maximum absolute atomic E-state index is 12.7. The second-order valence-electron chi connectivity index (χ2n) is 6.77. The zero-order valence-electron chi connectivity index (χ0n) is 15.3. The van der Waals surface area contributed by atoms with Gasteiger partial charge >= 0.3 is 0 Å². The quantitative estimate of drug-likeness (QED) is 0.489. The van der Waals surface area contributed by atoms with Gasteiger partial charge in [-0.3, -0.25) is 4.79 Å². The minimum atomic E-state index is 0.0388. The van der Waals surface area contributed by atoms with Crippen LogP contribution in [0.1, 0.15) is 18.4 Å². The SMILES string of the molecule is C[C@@H](CNC(=O)Cn1c(-c2cccs2)cc2ccccc21)c1ccccc1. The number of fused-ring (bicyclic) bond motifs is 1. The summed E-state index contributed by atoms with van der Waals surface area (Å²) in [4.78, 5) is 13.9. The predicted octanol–water partition coefficient (Wildman–Crippen LogP) is 5.29. The van der Waals surface area contributed by atoms with Gasteiger partial charge < -0.3 is 9.88 Å². The van der Waals surface area contributed by atoms with Gasteiger partial charge in [0.2, 0.25) is 5.91 Å². The molecule has 4 heteroatoms. The molecule has 1 amide bonds. The number of nitrogens with zero attached hydrogens (tertiary/aromatic N) is 1. The number of carbonyl (C=O) groups excluding carboxylic acids is 1. The number of para-hydroxylation sites is 1. The third-order valence-electron chi connectivity index (χ3n) is 4.86. The highest BCUT2D eigenvalue weighted by atomic mass is 32.1. The molecule has 4 rings (SSSR count). The summed E-state index contributed by atoms with van der Waals surface area (Å²) >= 11 is 1.70. The Morgan fingerprint density at radius 1 is 1.04 bits per heavy atom. The van der Waals surface area contributed by atoms with Crippen LogP contribution in [0.2, 0.25) is 0 Å². The first kappa shape index (κ1) is 17.6. The number of hydrogen-bond acceptors (Lipinski definition) is 2. The van der Waals surface area contributed by atoms with Crippen molar-refractivity contribution in [1.82, 2.24) is 9.88 Å². The van der Waals surface area contributed by atoms with Gasteiger partial charge in [-0.25, -0.2) is 0 Å². The molecule has 1 N–H and O–H groups in total. The number of nitrogens with one attached hydrogen (secondary N) is 1. The zero-order chi connectivity index (χ0) is 18.6. The van der Waals surface area contributed by atoms with E-state index in [0.717, 1.165) is 16.6 Å². The van der Waals surface area contributed by atoms with E-state index in [0.29, 0.717) is 13.1 Å². The molecule has 0 radical (unpaired) electrons. The number of benzene rings is 2. The third-order valence-corrected chi connectivity index (χ3v) is 5.75. The van der Waals surface area contributed by atoms with Crippen LogP contribution in [0, 0.1) is 0 Å². The molecule has 27 heavy (non-hydrogen) atoms. The van der Waals surface area contributed by atoms with E-state index >= 15 is 0 Å². The summed E-state index contributed by atoms with van der Waals surface area (Å²) in [6.07, 6.45) is 0. The minimum Gasteiger partial charge on any atom is -0.354 e. The summed E-state index contributed by atoms with van der Waals surface area (Å²) in [5, 5.41) is 6.33. The van der Waals surface area contributed by atoms with E-state index in [9.17, 15) is 4.79 Å². The lowest BCUT2D eigenvalue weighted by Gasteiger charge is -2.14. The van der Waals surface area contributed by atoms with Crippen molar-refractivity contribution in [3.63, 3.8) is 0 Å². The van der Waals surface area contributed by atoms with Gasteiger partial charge in [-0.1, -0.05) is 61.5 Å². The average molecular weight is 375 g/mol. The van der Waals surface area contributed by atoms with E-state index in [4.69, 9.17) is 0 Å². The van der Waals surface area contributed by atoms with Gasteiger partial charge in [-0.2, -0.15) is 0 Å². The highest BCUT2D eigenvalue weighted by Gasteiger charge is 2.15. The van der Waals surface area contributed by atoms with E-state index in [2.05, 4.69) is 58.6 Å². The Balaban J connectivity index is 1.52. The molecule has 0 bridgehead atoms. The summed E-state index contributed by atoms with van der Waals surface area (Å²) in [6, 6.07) is 24.8. The summed E-state index contributed by atoms with van der Waals surface area (Å²) in [7, 11) is 0. The molecule has 0 aliphatic carbocycles. The Bertz CT molecular complexity index is 1030. The first-order valence-electron chi connectivity index (χ1n) is 9.16. The summed E-state index contributed by atoms with van der Waals surface area (Å²) in [5.41, 5.74) is 3.42. The molecule has 136 valence electrons. The predicted molar refractivity (Wildman–Crippen MR) is 113 cm³/mol. The van der Waals surface area contributed by atoms with Gasteiger partial charge in [-0.05, 0) is 35.1 Å². The smallest absolute Gasteiger partial charge is 0.239 e. The molecule has 0 saturated heterocycles. The average Bonchev–Trinajstić information content (AvgIpc) is 3.35. The fourth-order valence-corrected chi connectivity index (χ4v) is 4.13. The minimum absolute atomic E-state index is 0.0388. The van der Waals surface area contributed by atoms with Crippen molar-refractivity contribution in [3.8, 4) is 10.6 Å². The van der Waals surface area contributed by atoms with Crippen molar-refractivity contribution < 1.29 is 4.79 Å². The van der Waals surface area contributed by atoms with E-state index in [1.807, 2.05) is 36.4 Å². The van der Waals surface area contributed by atoms with Gasteiger partial charge in [0, 0.05) is 17.4 Å². The first-order valence-corrected chi connectivity index (χ1v) is 10.0. The van der Waals surface area contributed by atoms with Crippen molar-refractivity contribution in [3.05, 3.63) is 83.7 Å². The van der Waals surface area contributed by atoms with Gasteiger partial charge in [-0.15, -0.1) is 11.3 Å². The van der Waals surface area contributed by atoms with Gasteiger partial charge in [0.25, 0.3) is 0 Å². The number of thiophene rings is 1. The van der Waals surface area contributed by atoms with Crippen molar-refractivity contribution in [2.45, 2.75) is 19.4 Å². The van der Waals surface area contributed by atoms with Crippen LogP contribution in [0.5, 0.6) is 0 Å². The summed E-state index contributed by atoms with van der Waals surface area (Å²) in [5.74, 6) is 0.324. The fraction of sp³-hybridized carbons (Fsp3) is 0.174. The maximum atomic E-state index is 12.7. The highest BCUT2D eigenvalue weighted by molar-refractivity contribution is 7.13. The molecular weight excluding hydrogens is 352 g/mol. The van der Waals surface area contributed by atoms with Crippen molar-refractivity contribution in [1.29, 1.82) is 0 Å². The standard InChI is InChI=1S/C23H22N2OS/c1-17(18-8-3-2-4-9-18)15-24-23(26)16-25-20-11-6-5-10-19(20)14-21(25)22-12-7-13-27-22/h2-14,17H,15-16H2,1H3,(H,24,26)/t17-/m0/s1. The molecule has 0 spiro atoms. The molecular formula is C23H22N2OS. The molecule has 0 aliphatic heterocycles. The van der Waals surface area contributed by atoms with Crippen LogP contribution in [-0.2, 0) is 11.3 Å². The van der Waals surface area contributed by atoms with E-state index in [1.165, 1.54) is 10.4 Å². The Labute approximate surface area is 163 Å². The summed E-state index contributed by atoms with van der Waals surface area (Å²) < 4.78 is 2.11. The van der Waals surface area contributed by atoms with Gasteiger partial charge in [0.05, 0.1) is 10.6 Å². The van der Waals surface area contributed by atoms with Crippen LogP contribution in [0.25, 0.3) is 21.5 Å². The van der Waals surface area contributed by atoms with E-state index in [1.54, 1.807) is 11.3 Å². The second kappa shape index (κ2) is 7.80. The number of hydrogen-bond donors (Lipinski definition) is 1. The molecule has 0 fully saturated rings. The number of amides is 1. The molecule has 2 aromatic carbocycles. The van der Waals surface area contributed by atoms with Crippen LogP contribution >= 0.6 is 11.3 Å².